The van der Waals surface area contributed by atoms with Crippen molar-refractivity contribution in [1.29, 1.82) is 0 Å². The van der Waals surface area contributed by atoms with E-state index >= 15 is 0 Å². The number of nitrogens with zero attached hydrogens (tertiary/aromatic N) is 1. The zero-order valence-corrected chi connectivity index (χ0v) is 16.8. The zero-order chi connectivity index (χ0) is 17.0. The van der Waals surface area contributed by atoms with E-state index in [1.54, 1.807) is 7.11 Å². The molecule has 0 saturated carbocycles. The lowest BCUT2D eigenvalue weighted by Gasteiger charge is -2.06. The fourth-order valence-electron chi connectivity index (χ4n) is 2.12. The third-order valence-electron chi connectivity index (χ3n) is 3.45. The number of benzene rings is 2. The molecule has 0 atom stereocenters. The van der Waals surface area contributed by atoms with E-state index in [4.69, 9.17) is 15.2 Å². The first-order valence-corrected chi connectivity index (χ1v) is 8.00. The third kappa shape index (κ3) is 8.85. The predicted octanol–water partition coefficient (Wildman–Crippen LogP) is 3.07. The minimum Gasteiger partial charge on any atom is -0.383 e. The minimum absolute atomic E-state index is 0. The summed E-state index contributed by atoms with van der Waals surface area (Å²) < 4.78 is 10.7. The van der Waals surface area contributed by atoms with Gasteiger partial charge in [-0.3, -0.25) is 0 Å². The van der Waals surface area contributed by atoms with Gasteiger partial charge in [0.2, 0.25) is 0 Å². The van der Waals surface area contributed by atoms with E-state index in [-0.39, 0.29) is 24.0 Å². The van der Waals surface area contributed by atoms with E-state index in [0.717, 1.165) is 11.1 Å². The van der Waals surface area contributed by atoms with Gasteiger partial charge in [-0.15, -0.1) is 24.0 Å². The maximum Gasteiger partial charge on any atom is 0.188 e. The lowest BCUT2D eigenvalue weighted by Crippen LogP contribution is -2.34. The SMILES string of the molecule is COCCNC(N)=NCc1ccc(COCc2ccccc2)cc1.I. The maximum atomic E-state index is 5.78. The predicted molar refractivity (Wildman–Crippen MR) is 112 cm³/mol. The molecule has 5 nitrogen and oxygen atoms in total. The minimum atomic E-state index is 0. The second-order valence-electron chi connectivity index (χ2n) is 5.42. The van der Waals surface area contributed by atoms with Gasteiger partial charge in [0.05, 0.1) is 26.4 Å². The van der Waals surface area contributed by atoms with Gasteiger partial charge in [0, 0.05) is 13.7 Å². The van der Waals surface area contributed by atoms with Gasteiger partial charge in [-0.2, -0.15) is 0 Å². The van der Waals surface area contributed by atoms with Gasteiger partial charge in [-0.05, 0) is 16.7 Å². The van der Waals surface area contributed by atoms with E-state index in [1.807, 2.05) is 30.3 Å². The molecule has 25 heavy (non-hydrogen) atoms. The van der Waals surface area contributed by atoms with Gasteiger partial charge in [-0.25, -0.2) is 4.99 Å². The quantitative estimate of drug-likeness (QED) is 0.264. The van der Waals surface area contributed by atoms with Gasteiger partial charge in [0.1, 0.15) is 0 Å². The van der Waals surface area contributed by atoms with Crippen LogP contribution in [0.3, 0.4) is 0 Å². The molecule has 0 bridgehead atoms. The Morgan fingerprint density at radius 3 is 2.20 bits per heavy atom. The van der Waals surface area contributed by atoms with Gasteiger partial charge >= 0.3 is 0 Å². The monoisotopic (exact) mass is 455 g/mol. The van der Waals surface area contributed by atoms with Crippen molar-refractivity contribution >= 4 is 29.9 Å². The summed E-state index contributed by atoms with van der Waals surface area (Å²) >= 11 is 0. The molecule has 0 aliphatic carbocycles. The molecule has 0 radical (unpaired) electrons. The topological polar surface area (TPSA) is 68.9 Å². The molecule has 0 amide bonds. The van der Waals surface area contributed by atoms with Crippen molar-refractivity contribution in [3.8, 4) is 0 Å². The number of nitrogens with two attached hydrogens (primary N) is 1. The van der Waals surface area contributed by atoms with Crippen molar-refractivity contribution in [3.63, 3.8) is 0 Å². The van der Waals surface area contributed by atoms with Gasteiger partial charge in [-0.1, -0.05) is 54.6 Å². The fourth-order valence-corrected chi connectivity index (χ4v) is 2.12. The molecule has 0 aromatic heterocycles. The highest BCUT2D eigenvalue weighted by Gasteiger charge is 1.97. The first kappa shape index (κ1) is 21.4. The Labute approximate surface area is 166 Å². The molecule has 2 rings (SSSR count). The molecular weight excluding hydrogens is 429 g/mol. The summed E-state index contributed by atoms with van der Waals surface area (Å²) in [5.41, 5.74) is 9.21. The highest BCUT2D eigenvalue weighted by molar-refractivity contribution is 14.0. The molecule has 0 spiro atoms. The number of rotatable bonds is 9. The Hall–Kier alpha value is -1.64. The summed E-state index contributed by atoms with van der Waals surface area (Å²) in [6, 6.07) is 18.4. The van der Waals surface area contributed by atoms with Crippen molar-refractivity contribution in [3.05, 3.63) is 71.3 Å². The molecule has 2 aromatic rings. The van der Waals surface area contributed by atoms with Crippen molar-refractivity contribution in [1.82, 2.24) is 5.32 Å². The number of nitrogens with one attached hydrogen (secondary N) is 1. The number of halogens is 1. The molecule has 0 fully saturated rings. The number of aliphatic imine (C=N–C) groups is 1. The standard InChI is InChI=1S/C19H25N3O2.HI/c1-23-12-11-21-19(20)22-13-16-7-9-18(10-8-16)15-24-14-17-5-3-2-4-6-17;/h2-10H,11-15H2,1H3,(H3,20,21,22);1H. The Kier molecular flexibility index (Phi) is 10.9. The van der Waals surface area contributed by atoms with Gasteiger partial charge in [0.15, 0.2) is 5.96 Å². The van der Waals surface area contributed by atoms with Crippen LogP contribution < -0.4 is 11.1 Å². The smallest absolute Gasteiger partial charge is 0.188 e. The van der Waals surface area contributed by atoms with Crippen molar-refractivity contribution in [2.45, 2.75) is 19.8 Å². The second kappa shape index (κ2) is 12.7. The second-order valence-corrected chi connectivity index (χ2v) is 5.42. The van der Waals surface area contributed by atoms with Crippen LogP contribution in [0.25, 0.3) is 0 Å². The number of guanidine groups is 1. The first-order valence-electron chi connectivity index (χ1n) is 8.00. The summed E-state index contributed by atoms with van der Waals surface area (Å²) in [6.07, 6.45) is 0. The molecule has 0 heterocycles. The fraction of sp³-hybridized carbons (Fsp3) is 0.316. The van der Waals surface area contributed by atoms with Crippen LogP contribution in [0.4, 0.5) is 0 Å². The highest BCUT2D eigenvalue weighted by atomic mass is 127. The summed E-state index contributed by atoms with van der Waals surface area (Å²) in [5.74, 6) is 0.433. The number of hydrogen-bond donors (Lipinski definition) is 2. The van der Waals surface area contributed by atoms with Crippen LogP contribution in [-0.4, -0.2) is 26.2 Å². The normalized spacial score (nSPS) is 11.0. The van der Waals surface area contributed by atoms with Gasteiger partial charge in [0.25, 0.3) is 0 Å². The van der Waals surface area contributed by atoms with E-state index < -0.39 is 0 Å². The molecule has 3 N–H and O–H groups in total. The van der Waals surface area contributed by atoms with Crippen LogP contribution in [0.15, 0.2) is 59.6 Å². The Bertz CT molecular complexity index is 618. The van der Waals surface area contributed by atoms with Crippen LogP contribution in [-0.2, 0) is 29.2 Å². The van der Waals surface area contributed by atoms with Crippen LogP contribution in [0.5, 0.6) is 0 Å². The van der Waals surface area contributed by atoms with E-state index in [2.05, 4.69) is 34.6 Å². The van der Waals surface area contributed by atoms with Crippen LogP contribution in [0, 0.1) is 0 Å². The van der Waals surface area contributed by atoms with Crippen molar-refractivity contribution in [2.75, 3.05) is 20.3 Å². The molecular formula is C19H26IN3O2. The highest BCUT2D eigenvalue weighted by Crippen LogP contribution is 2.09. The average molecular weight is 455 g/mol. The number of hydrogen-bond acceptors (Lipinski definition) is 3. The van der Waals surface area contributed by atoms with Crippen molar-refractivity contribution < 1.29 is 9.47 Å². The number of methoxy groups -OCH3 is 1. The van der Waals surface area contributed by atoms with Crippen LogP contribution in [0.2, 0.25) is 0 Å². The zero-order valence-electron chi connectivity index (χ0n) is 14.5. The third-order valence-corrected chi connectivity index (χ3v) is 3.45. The van der Waals surface area contributed by atoms with E-state index in [1.165, 1.54) is 5.56 Å². The summed E-state index contributed by atoms with van der Waals surface area (Å²) in [7, 11) is 1.65. The molecule has 0 aliphatic rings. The van der Waals surface area contributed by atoms with E-state index in [0.29, 0.717) is 38.9 Å². The van der Waals surface area contributed by atoms with Crippen molar-refractivity contribution in [2.24, 2.45) is 10.7 Å². The molecule has 0 aliphatic heterocycles. The average Bonchev–Trinajstić information content (AvgIpc) is 2.62. The van der Waals surface area contributed by atoms with Gasteiger partial charge < -0.3 is 20.5 Å². The number of ether oxygens (including phenoxy) is 2. The summed E-state index contributed by atoms with van der Waals surface area (Å²) in [6.45, 7) is 3.03. The van der Waals surface area contributed by atoms with Crippen LogP contribution in [0.1, 0.15) is 16.7 Å². The van der Waals surface area contributed by atoms with E-state index in [9.17, 15) is 0 Å². The summed E-state index contributed by atoms with van der Waals surface area (Å²) in [4.78, 5) is 4.29. The lowest BCUT2D eigenvalue weighted by molar-refractivity contribution is 0.107. The molecule has 2 aromatic carbocycles. The lowest BCUT2D eigenvalue weighted by atomic mass is 10.1. The first-order chi connectivity index (χ1) is 11.8. The Morgan fingerprint density at radius 1 is 0.960 bits per heavy atom. The molecule has 0 saturated heterocycles. The molecule has 6 heteroatoms. The molecule has 0 unspecified atom stereocenters. The Balaban J connectivity index is 0.00000312. The summed E-state index contributed by atoms with van der Waals surface area (Å²) in [5, 5.41) is 2.99. The largest absolute Gasteiger partial charge is 0.383 e. The Morgan fingerprint density at radius 2 is 1.56 bits per heavy atom. The van der Waals surface area contributed by atoms with Crippen LogP contribution >= 0.6 is 24.0 Å². The maximum absolute atomic E-state index is 5.78. The molecule has 136 valence electrons.